The number of para-hydroxylation sites is 1. The number of nitrogens with two attached hydrogens (primary N) is 2. The van der Waals surface area contributed by atoms with Crippen LogP contribution in [0.5, 0.6) is 5.75 Å². The number of rotatable bonds is 7. The molecule has 0 aliphatic carbocycles. The minimum absolute atomic E-state index is 0.0279. The zero-order chi connectivity index (χ0) is 20.1. The van der Waals surface area contributed by atoms with Gasteiger partial charge in [0.15, 0.2) is 0 Å². The molecule has 0 amide bonds. The van der Waals surface area contributed by atoms with Crippen LogP contribution in [0, 0.1) is 10.1 Å². The van der Waals surface area contributed by atoms with Gasteiger partial charge in [-0.15, -0.1) is 0 Å². The molecule has 4 N–H and O–H groups in total. The van der Waals surface area contributed by atoms with Crippen LogP contribution >= 0.6 is 0 Å². The summed E-state index contributed by atoms with van der Waals surface area (Å²) in [6.07, 6.45) is 1.28. The number of anilines is 1. The molecule has 0 radical (unpaired) electrons. The van der Waals surface area contributed by atoms with Crippen molar-refractivity contribution >= 4 is 23.3 Å². The minimum Gasteiger partial charge on any atom is -0.494 e. The molecule has 0 saturated heterocycles. The summed E-state index contributed by atoms with van der Waals surface area (Å²) in [5.74, 6) is 1.00. The topological polar surface area (TPSA) is 132 Å². The molecule has 3 rings (SSSR count). The zero-order valence-electron chi connectivity index (χ0n) is 15.5. The standard InChI is InChI=1S/C19H22N6O3/c1-19(12-5-13-28-16-10-8-15(9-11-16)25(26)27)23-17(20)22-18(21)24(19)14-6-3-2-4-7-14/h2-4,6-11H,5,12-13H2,1H3,(H4,20,21,22,23)/t19-/m0/s1. The number of guanidine groups is 2. The number of hydrogen-bond acceptors (Lipinski definition) is 8. The van der Waals surface area contributed by atoms with E-state index >= 15 is 0 Å². The van der Waals surface area contributed by atoms with Crippen LogP contribution in [0.1, 0.15) is 19.8 Å². The number of aliphatic imine (C=N–C) groups is 2. The molecule has 0 saturated carbocycles. The smallest absolute Gasteiger partial charge is 0.269 e. The van der Waals surface area contributed by atoms with E-state index in [-0.39, 0.29) is 17.6 Å². The van der Waals surface area contributed by atoms with Gasteiger partial charge in [-0.1, -0.05) is 18.2 Å². The van der Waals surface area contributed by atoms with Gasteiger partial charge in [0.25, 0.3) is 5.69 Å². The van der Waals surface area contributed by atoms with E-state index in [0.29, 0.717) is 25.2 Å². The van der Waals surface area contributed by atoms with E-state index in [1.807, 2.05) is 42.2 Å². The van der Waals surface area contributed by atoms with Crippen molar-refractivity contribution in [2.75, 3.05) is 11.5 Å². The largest absolute Gasteiger partial charge is 0.494 e. The molecule has 1 aliphatic heterocycles. The van der Waals surface area contributed by atoms with E-state index in [0.717, 1.165) is 5.69 Å². The minimum atomic E-state index is -0.698. The van der Waals surface area contributed by atoms with Crippen LogP contribution in [-0.4, -0.2) is 29.1 Å². The summed E-state index contributed by atoms with van der Waals surface area (Å²) in [6.45, 7) is 2.36. The highest BCUT2D eigenvalue weighted by Gasteiger charge is 2.37. The number of nitro groups is 1. The number of hydrogen-bond donors (Lipinski definition) is 2. The van der Waals surface area contributed by atoms with Crippen molar-refractivity contribution in [3.8, 4) is 5.75 Å². The lowest BCUT2D eigenvalue weighted by atomic mass is 10.0. The first-order valence-electron chi connectivity index (χ1n) is 8.81. The fourth-order valence-electron chi connectivity index (χ4n) is 3.15. The lowest BCUT2D eigenvalue weighted by Gasteiger charge is -2.41. The SMILES string of the molecule is C[C@]1(CCCOc2ccc([N+](=O)[O-])cc2)N=C(N)N=C(N)N1c1ccccc1. The molecular formula is C19H22N6O3. The molecule has 28 heavy (non-hydrogen) atoms. The summed E-state index contributed by atoms with van der Waals surface area (Å²) >= 11 is 0. The van der Waals surface area contributed by atoms with E-state index in [9.17, 15) is 10.1 Å². The van der Waals surface area contributed by atoms with Crippen molar-refractivity contribution < 1.29 is 9.66 Å². The monoisotopic (exact) mass is 382 g/mol. The van der Waals surface area contributed by atoms with Gasteiger partial charge in [-0.2, -0.15) is 4.99 Å². The Labute approximate surface area is 162 Å². The van der Waals surface area contributed by atoms with Gasteiger partial charge in [-0.3, -0.25) is 15.0 Å². The van der Waals surface area contributed by atoms with Gasteiger partial charge in [-0.25, -0.2) is 4.99 Å². The Kier molecular flexibility index (Phi) is 5.44. The van der Waals surface area contributed by atoms with Gasteiger partial charge in [-0.05, 0) is 44.0 Å². The van der Waals surface area contributed by atoms with Crippen LogP contribution < -0.4 is 21.1 Å². The summed E-state index contributed by atoms with van der Waals surface area (Å²) < 4.78 is 5.69. The third kappa shape index (κ3) is 4.20. The van der Waals surface area contributed by atoms with E-state index in [4.69, 9.17) is 16.2 Å². The van der Waals surface area contributed by atoms with Crippen molar-refractivity contribution in [2.45, 2.75) is 25.4 Å². The summed E-state index contributed by atoms with van der Waals surface area (Å²) in [5.41, 5.74) is 12.2. The van der Waals surface area contributed by atoms with Gasteiger partial charge in [0.05, 0.1) is 11.5 Å². The van der Waals surface area contributed by atoms with Gasteiger partial charge >= 0.3 is 0 Å². The van der Waals surface area contributed by atoms with Crippen molar-refractivity contribution in [1.82, 2.24) is 0 Å². The highest BCUT2D eigenvalue weighted by molar-refractivity contribution is 6.05. The van der Waals surface area contributed by atoms with E-state index in [1.165, 1.54) is 12.1 Å². The molecule has 0 unspecified atom stereocenters. The predicted octanol–water partition coefficient (Wildman–Crippen LogP) is 2.62. The Hall–Kier alpha value is -3.62. The van der Waals surface area contributed by atoms with Crippen molar-refractivity contribution in [3.63, 3.8) is 0 Å². The van der Waals surface area contributed by atoms with Gasteiger partial charge in [0, 0.05) is 17.8 Å². The molecule has 146 valence electrons. The maximum absolute atomic E-state index is 10.7. The van der Waals surface area contributed by atoms with Gasteiger partial charge < -0.3 is 16.2 Å². The van der Waals surface area contributed by atoms with Gasteiger partial charge in [0.1, 0.15) is 11.4 Å². The Morgan fingerprint density at radius 2 is 1.82 bits per heavy atom. The predicted molar refractivity (Wildman–Crippen MR) is 108 cm³/mol. The van der Waals surface area contributed by atoms with Crippen molar-refractivity contribution in [2.24, 2.45) is 21.5 Å². The van der Waals surface area contributed by atoms with Crippen molar-refractivity contribution in [3.05, 3.63) is 64.7 Å². The van der Waals surface area contributed by atoms with Gasteiger partial charge in [0.2, 0.25) is 11.9 Å². The van der Waals surface area contributed by atoms with E-state index in [1.54, 1.807) is 12.1 Å². The Balaban J connectivity index is 1.65. The summed E-state index contributed by atoms with van der Waals surface area (Å²) in [5, 5.41) is 10.7. The molecule has 1 heterocycles. The number of benzene rings is 2. The van der Waals surface area contributed by atoms with Crippen LogP contribution in [0.2, 0.25) is 0 Å². The first-order chi connectivity index (χ1) is 13.4. The second-order valence-electron chi connectivity index (χ2n) is 6.53. The lowest BCUT2D eigenvalue weighted by Crippen LogP contribution is -2.56. The van der Waals surface area contributed by atoms with Crippen LogP contribution in [0.3, 0.4) is 0 Å². The molecule has 1 atom stereocenters. The Morgan fingerprint density at radius 3 is 2.46 bits per heavy atom. The zero-order valence-corrected chi connectivity index (χ0v) is 15.5. The highest BCUT2D eigenvalue weighted by atomic mass is 16.6. The third-order valence-electron chi connectivity index (χ3n) is 4.42. The van der Waals surface area contributed by atoms with Crippen LogP contribution in [-0.2, 0) is 0 Å². The molecule has 1 aliphatic rings. The quantitative estimate of drug-likeness (QED) is 0.430. The first kappa shape index (κ1) is 19.2. The molecule has 0 bridgehead atoms. The maximum atomic E-state index is 10.7. The molecule has 2 aromatic carbocycles. The molecule has 9 heteroatoms. The third-order valence-corrected chi connectivity index (χ3v) is 4.42. The normalized spacial score (nSPS) is 19.0. The highest BCUT2D eigenvalue weighted by Crippen LogP contribution is 2.31. The Morgan fingerprint density at radius 1 is 1.14 bits per heavy atom. The van der Waals surface area contributed by atoms with Crippen molar-refractivity contribution in [1.29, 1.82) is 0 Å². The number of non-ortho nitro benzene ring substituents is 1. The number of nitrogens with zero attached hydrogens (tertiary/aromatic N) is 4. The first-order valence-corrected chi connectivity index (χ1v) is 8.81. The lowest BCUT2D eigenvalue weighted by molar-refractivity contribution is -0.384. The number of nitro benzene ring substituents is 1. The average Bonchev–Trinajstić information content (AvgIpc) is 2.66. The summed E-state index contributed by atoms with van der Waals surface area (Å²) in [7, 11) is 0. The summed E-state index contributed by atoms with van der Waals surface area (Å²) in [6, 6.07) is 15.6. The molecule has 0 spiro atoms. The van der Waals surface area contributed by atoms with Crippen LogP contribution in [0.15, 0.2) is 64.6 Å². The van der Waals surface area contributed by atoms with E-state index < -0.39 is 10.6 Å². The van der Waals surface area contributed by atoms with Crippen LogP contribution in [0.4, 0.5) is 11.4 Å². The summed E-state index contributed by atoms with van der Waals surface area (Å²) in [4.78, 5) is 20.7. The fourth-order valence-corrected chi connectivity index (χ4v) is 3.15. The molecular weight excluding hydrogens is 360 g/mol. The molecule has 9 nitrogen and oxygen atoms in total. The van der Waals surface area contributed by atoms with Crippen LogP contribution in [0.25, 0.3) is 0 Å². The molecule has 0 fully saturated rings. The molecule has 0 aromatic heterocycles. The Bertz CT molecular complexity index is 898. The second-order valence-corrected chi connectivity index (χ2v) is 6.53. The van der Waals surface area contributed by atoms with E-state index in [2.05, 4.69) is 9.98 Å². The molecule has 2 aromatic rings. The average molecular weight is 382 g/mol. The second kappa shape index (κ2) is 7.95. The fraction of sp³-hybridized carbons (Fsp3) is 0.263. The maximum Gasteiger partial charge on any atom is 0.269 e. The number of ether oxygens (including phenoxy) is 1.